The van der Waals surface area contributed by atoms with Crippen LogP contribution in [0.4, 0.5) is 0 Å². The Kier molecular flexibility index (Phi) is 9.02. The second-order valence-corrected chi connectivity index (χ2v) is 10.3. The van der Waals surface area contributed by atoms with Gasteiger partial charge in [0.25, 0.3) is 0 Å². The molecular weight excluding hydrogens is 472 g/mol. The number of hydrogen-bond acceptors (Lipinski definition) is 3. The molecule has 1 saturated carbocycles. The maximum atomic E-state index is 13.2. The lowest BCUT2D eigenvalue weighted by Gasteiger charge is -2.30. The molecule has 3 rings (SSSR count). The van der Waals surface area contributed by atoms with Crippen molar-refractivity contribution in [2.75, 3.05) is 5.75 Å². The summed E-state index contributed by atoms with van der Waals surface area (Å²) in [6, 6.07) is 16.0. The summed E-state index contributed by atoms with van der Waals surface area (Å²) in [5, 5.41) is 3.15. The predicted octanol–water partition coefficient (Wildman–Crippen LogP) is 5.72. The van der Waals surface area contributed by atoms with Gasteiger partial charge in [-0.2, -0.15) is 0 Å². The molecule has 2 amide bonds. The SMILES string of the molecule is Cc1ccc(SCCC(=O)N(Cc2cccc(Br)c2)C(C)C(=O)NC2CCCC2)cc1. The quantitative estimate of drug-likeness (QED) is 0.446. The van der Waals surface area contributed by atoms with Crippen molar-refractivity contribution in [1.82, 2.24) is 10.2 Å². The van der Waals surface area contributed by atoms with Crippen LogP contribution < -0.4 is 5.32 Å². The minimum atomic E-state index is -0.503. The Hall–Kier alpha value is -1.79. The van der Waals surface area contributed by atoms with Crippen LogP contribution in [-0.4, -0.2) is 34.6 Å². The number of nitrogens with zero attached hydrogens (tertiary/aromatic N) is 1. The first-order valence-corrected chi connectivity index (χ1v) is 12.7. The third-order valence-electron chi connectivity index (χ3n) is 5.72. The lowest BCUT2D eigenvalue weighted by atomic mass is 10.1. The molecular formula is C25H31BrN2O2S. The van der Waals surface area contributed by atoms with Gasteiger partial charge in [-0.15, -0.1) is 11.8 Å². The Morgan fingerprint density at radius 2 is 1.87 bits per heavy atom. The number of amides is 2. The molecule has 166 valence electrons. The fraction of sp³-hybridized carbons (Fsp3) is 0.440. The molecule has 2 aromatic rings. The molecule has 2 aromatic carbocycles. The first-order valence-electron chi connectivity index (χ1n) is 11.0. The Labute approximate surface area is 198 Å². The van der Waals surface area contributed by atoms with Gasteiger partial charge in [-0.05, 0) is 56.5 Å². The van der Waals surface area contributed by atoms with Gasteiger partial charge in [0.2, 0.25) is 11.8 Å². The highest BCUT2D eigenvalue weighted by Crippen LogP contribution is 2.22. The first kappa shape index (κ1) is 23.9. The van der Waals surface area contributed by atoms with Gasteiger partial charge in [-0.1, -0.05) is 58.6 Å². The summed E-state index contributed by atoms with van der Waals surface area (Å²) in [5.74, 6) is 0.642. The molecule has 0 bridgehead atoms. The molecule has 0 spiro atoms. The van der Waals surface area contributed by atoms with Crippen LogP contribution in [0.5, 0.6) is 0 Å². The zero-order chi connectivity index (χ0) is 22.2. The Bertz CT molecular complexity index is 881. The molecule has 1 atom stereocenters. The molecule has 1 fully saturated rings. The molecule has 1 N–H and O–H groups in total. The van der Waals surface area contributed by atoms with Crippen LogP contribution in [0, 0.1) is 6.92 Å². The fourth-order valence-electron chi connectivity index (χ4n) is 3.84. The summed E-state index contributed by atoms with van der Waals surface area (Å²) >= 11 is 5.17. The fourth-order valence-corrected chi connectivity index (χ4v) is 5.13. The number of benzene rings is 2. The molecule has 0 aromatic heterocycles. The second-order valence-electron chi connectivity index (χ2n) is 8.23. The zero-order valence-corrected chi connectivity index (χ0v) is 20.7. The van der Waals surface area contributed by atoms with Gasteiger partial charge in [-0.25, -0.2) is 0 Å². The Morgan fingerprint density at radius 3 is 2.55 bits per heavy atom. The Balaban J connectivity index is 1.65. The number of nitrogens with one attached hydrogen (secondary N) is 1. The van der Waals surface area contributed by atoms with Crippen molar-refractivity contribution >= 4 is 39.5 Å². The van der Waals surface area contributed by atoms with Crippen LogP contribution >= 0.6 is 27.7 Å². The standard InChI is InChI=1S/C25H31BrN2O2S/c1-18-10-12-23(13-11-18)31-15-14-24(29)28(17-20-6-5-7-21(26)16-20)19(2)25(30)27-22-8-3-4-9-22/h5-7,10-13,16,19,22H,3-4,8-9,14-15,17H2,1-2H3,(H,27,30). The van der Waals surface area contributed by atoms with E-state index in [2.05, 4.69) is 52.4 Å². The summed E-state index contributed by atoms with van der Waals surface area (Å²) in [4.78, 5) is 29.0. The third kappa shape index (κ3) is 7.39. The highest BCUT2D eigenvalue weighted by Gasteiger charge is 2.28. The van der Waals surface area contributed by atoms with E-state index in [0.29, 0.717) is 18.7 Å². The van der Waals surface area contributed by atoms with Crippen LogP contribution in [0.1, 0.15) is 50.2 Å². The van der Waals surface area contributed by atoms with Crippen LogP contribution in [-0.2, 0) is 16.1 Å². The summed E-state index contributed by atoms with van der Waals surface area (Å²) < 4.78 is 0.968. The molecule has 1 unspecified atom stereocenters. The molecule has 0 radical (unpaired) electrons. The van der Waals surface area contributed by atoms with Gasteiger partial charge in [0.1, 0.15) is 6.04 Å². The lowest BCUT2D eigenvalue weighted by molar-refractivity contribution is -0.140. The van der Waals surface area contributed by atoms with Crippen molar-refractivity contribution in [3.63, 3.8) is 0 Å². The van der Waals surface area contributed by atoms with E-state index in [9.17, 15) is 9.59 Å². The Morgan fingerprint density at radius 1 is 1.16 bits per heavy atom. The number of carbonyl (C=O) groups is 2. The van der Waals surface area contributed by atoms with Crippen molar-refractivity contribution in [1.29, 1.82) is 0 Å². The summed E-state index contributed by atoms with van der Waals surface area (Å²) in [5.41, 5.74) is 2.23. The first-order chi connectivity index (χ1) is 14.9. The monoisotopic (exact) mass is 502 g/mol. The molecule has 31 heavy (non-hydrogen) atoms. The number of aryl methyl sites for hydroxylation is 1. The molecule has 0 heterocycles. The van der Waals surface area contributed by atoms with E-state index in [4.69, 9.17) is 0 Å². The number of rotatable bonds is 9. The molecule has 4 nitrogen and oxygen atoms in total. The van der Waals surface area contributed by atoms with E-state index in [1.807, 2.05) is 31.2 Å². The second kappa shape index (κ2) is 11.7. The minimum absolute atomic E-state index is 0.00802. The van der Waals surface area contributed by atoms with E-state index < -0.39 is 6.04 Å². The van der Waals surface area contributed by atoms with Crippen LogP contribution in [0.25, 0.3) is 0 Å². The van der Waals surface area contributed by atoms with E-state index in [1.54, 1.807) is 16.7 Å². The molecule has 1 aliphatic rings. The topological polar surface area (TPSA) is 49.4 Å². The van der Waals surface area contributed by atoms with Crippen molar-refractivity contribution < 1.29 is 9.59 Å². The third-order valence-corrected chi connectivity index (χ3v) is 7.22. The molecule has 1 aliphatic carbocycles. The van der Waals surface area contributed by atoms with Crippen LogP contribution in [0.3, 0.4) is 0 Å². The van der Waals surface area contributed by atoms with Crippen LogP contribution in [0.15, 0.2) is 57.9 Å². The highest BCUT2D eigenvalue weighted by molar-refractivity contribution is 9.10. The maximum absolute atomic E-state index is 13.2. The number of hydrogen-bond donors (Lipinski definition) is 1. The predicted molar refractivity (Wildman–Crippen MR) is 131 cm³/mol. The van der Waals surface area contributed by atoms with Gasteiger partial charge in [-0.3, -0.25) is 9.59 Å². The molecule has 0 aliphatic heterocycles. The molecule has 6 heteroatoms. The van der Waals surface area contributed by atoms with E-state index in [-0.39, 0.29) is 17.9 Å². The number of thioether (sulfide) groups is 1. The van der Waals surface area contributed by atoms with Crippen molar-refractivity contribution in [3.8, 4) is 0 Å². The number of carbonyl (C=O) groups excluding carboxylic acids is 2. The largest absolute Gasteiger partial charge is 0.352 e. The van der Waals surface area contributed by atoms with Gasteiger partial charge in [0, 0.05) is 34.1 Å². The van der Waals surface area contributed by atoms with Crippen molar-refractivity contribution in [2.45, 2.75) is 69.5 Å². The minimum Gasteiger partial charge on any atom is -0.352 e. The smallest absolute Gasteiger partial charge is 0.242 e. The van der Waals surface area contributed by atoms with E-state index >= 15 is 0 Å². The zero-order valence-electron chi connectivity index (χ0n) is 18.3. The summed E-state index contributed by atoms with van der Waals surface area (Å²) in [6.45, 7) is 4.33. The highest BCUT2D eigenvalue weighted by atomic mass is 79.9. The van der Waals surface area contributed by atoms with Crippen LogP contribution in [0.2, 0.25) is 0 Å². The lowest BCUT2D eigenvalue weighted by Crippen LogP contribution is -2.49. The van der Waals surface area contributed by atoms with Gasteiger partial charge in [0.15, 0.2) is 0 Å². The summed E-state index contributed by atoms with van der Waals surface area (Å²) in [6.07, 6.45) is 4.79. The van der Waals surface area contributed by atoms with Crippen molar-refractivity contribution in [2.24, 2.45) is 0 Å². The maximum Gasteiger partial charge on any atom is 0.242 e. The normalized spacial score (nSPS) is 14.9. The van der Waals surface area contributed by atoms with Crippen molar-refractivity contribution in [3.05, 3.63) is 64.1 Å². The number of halogens is 1. The average molecular weight is 504 g/mol. The summed E-state index contributed by atoms with van der Waals surface area (Å²) in [7, 11) is 0. The van der Waals surface area contributed by atoms with Gasteiger partial charge >= 0.3 is 0 Å². The van der Waals surface area contributed by atoms with E-state index in [0.717, 1.165) is 40.6 Å². The van der Waals surface area contributed by atoms with Gasteiger partial charge in [0.05, 0.1) is 0 Å². The molecule has 0 saturated heterocycles. The average Bonchev–Trinajstić information content (AvgIpc) is 3.26. The van der Waals surface area contributed by atoms with E-state index in [1.165, 1.54) is 5.56 Å². The van der Waals surface area contributed by atoms with Gasteiger partial charge < -0.3 is 10.2 Å².